The number of nitrogens with zero attached hydrogens (tertiary/aromatic N) is 2. The zero-order chi connectivity index (χ0) is 20.6. The first-order chi connectivity index (χ1) is 14.0. The van der Waals surface area contributed by atoms with Gasteiger partial charge in [-0.05, 0) is 42.0 Å². The highest BCUT2D eigenvalue weighted by atomic mass is 79.9. The van der Waals surface area contributed by atoms with Gasteiger partial charge in [0.15, 0.2) is 0 Å². The van der Waals surface area contributed by atoms with Gasteiger partial charge in [-0.15, -0.1) is 0 Å². The molecule has 0 saturated heterocycles. The van der Waals surface area contributed by atoms with Crippen molar-refractivity contribution < 1.29 is 18.9 Å². The molecule has 2 aromatic carbocycles. The predicted molar refractivity (Wildman–Crippen MR) is 110 cm³/mol. The van der Waals surface area contributed by atoms with E-state index in [4.69, 9.17) is 9.15 Å². The van der Waals surface area contributed by atoms with Crippen LogP contribution in [0, 0.1) is 10.1 Å². The second kappa shape index (κ2) is 9.65. The number of amides is 1. The Balaban J connectivity index is 1.45. The normalized spacial score (nSPS) is 10.8. The molecule has 0 spiro atoms. The molecule has 1 amide bonds. The van der Waals surface area contributed by atoms with Crippen molar-refractivity contribution in [2.24, 2.45) is 5.10 Å². The lowest BCUT2D eigenvalue weighted by Gasteiger charge is -2.03. The van der Waals surface area contributed by atoms with Crippen molar-refractivity contribution in [1.29, 1.82) is 0 Å². The van der Waals surface area contributed by atoms with Gasteiger partial charge in [-0.25, -0.2) is 5.43 Å². The Kier molecular flexibility index (Phi) is 6.75. The van der Waals surface area contributed by atoms with Crippen molar-refractivity contribution in [2.75, 3.05) is 0 Å². The Hall–Kier alpha value is -3.46. The van der Waals surface area contributed by atoms with Gasteiger partial charge >= 0.3 is 0 Å². The summed E-state index contributed by atoms with van der Waals surface area (Å²) in [5.74, 6) is 1.46. The van der Waals surface area contributed by atoms with E-state index < -0.39 is 4.92 Å². The van der Waals surface area contributed by atoms with Crippen LogP contribution in [-0.2, 0) is 17.8 Å². The number of hydrazone groups is 1. The molecule has 3 aromatic rings. The molecule has 0 saturated carbocycles. The van der Waals surface area contributed by atoms with Crippen LogP contribution in [-0.4, -0.2) is 17.0 Å². The maximum atomic E-state index is 11.9. The first-order valence-electron chi connectivity index (χ1n) is 8.52. The molecule has 8 nitrogen and oxygen atoms in total. The van der Waals surface area contributed by atoms with E-state index in [9.17, 15) is 14.9 Å². The van der Waals surface area contributed by atoms with E-state index in [0.29, 0.717) is 17.1 Å². The molecule has 0 aliphatic carbocycles. The lowest BCUT2D eigenvalue weighted by Crippen LogP contribution is -2.19. The molecule has 0 atom stereocenters. The number of carbonyl (C=O) groups excluding carboxylic acids is 1. The molecule has 0 aliphatic rings. The average Bonchev–Trinajstić information content (AvgIpc) is 3.16. The molecule has 9 heteroatoms. The Bertz CT molecular complexity index is 1010. The number of halogens is 1. The lowest BCUT2D eigenvalue weighted by molar-refractivity contribution is -0.384. The fourth-order valence-corrected chi connectivity index (χ4v) is 2.62. The number of non-ortho nitro benzene ring substituents is 1. The van der Waals surface area contributed by atoms with Crippen molar-refractivity contribution in [1.82, 2.24) is 5.43 Å². The second-order valence-corrected chi connectivity index (χ2v) is 6.86. The molecule has 0 aliphatic heterocycles. The van der Waals surface area contributed by atoms with Crippen molar-refractivity contribution >= 4 is 33.7 Å². The summed E-state index contributed by atoms with van der Waals surface area (Å²) in [4.78, 5) is 22.0. The lowest BCUT2D eigenvalue weighted by atomic mass is 10.1. The van der Waals surface area contributed by atoms with Gasteiger partial charge in [0.25, 0.3) is 5.69 Å². The number of carbonyl (C=O) groups is 1. The molecule has 29 heavy (non-hydrogen) atoms. The van der Waals surface area contributed by atoms with E-state index >= 15 is 0 Å². The quantitative estimate of drug-likeness (QED) is 0.309. The molecule has 0 radical (unpaired) electrons. The van der Waals surface area contributed by atoms with Crippen molar-refractivity contribution in [3.63, 3.8) is 0 Å². The summed E-state index contributed by atoms with van der Waals surface area (Å²) in [5, 5.41) is 14.5. The highest BCUT2D eigenvalue weighted by Gasteiger charge is 2.07. The van der Waals surface area contributed by atoms with Gasteiger partial charge in [-0.2, -0.15) is 5.10 Å². The predicted octanol–water partition coefficient (Wildman–Crippen LogP) is 4.22. The Labute approximate surface area is 174 Å². The van der Waals surface area contributed by atoms with Crippen LogP contribution in [0.25, 0.3) is 0 Å². The van der Waals surface area contributed by atoms with E-state index in [1.165, 1.54) is 30.5 Å². The SMILES string of the molecule is O=C(Cc1ccc([N+](=O)[O-])cc1)N/N=C\c1ccc(COc2ccc(Br)cc2)o1. The molecular weight excluding hydrogens is 442 g/mol. The summed E-state index contributed by atoms with van der Waals surface area (Å²) in [5.41, 5.74) is 3.01. The number of benzene rings is 2. The molecule has 3 rings (SSSR count). The number of hydrogen-bond acceptors (Lipinski definition) is 6. The van der Waals surface area contributed by atoms with Gasteiger partial charge in [0.1, 0.15) is 23.9 Å². The van der Waals surface area contributed by atoms with Gasteiger partial charge in [-0.1, -0.05) is 28.1 Å². The molecule has 0 fully saturated rings. The summed E-state index contributed by atoms with van der Waals surface area (Å²) in [6.45, 7) is 0.266. The monoisotopic (exact) mass is 457 g/mol. The third-order valence-corrected chi connectivity index (χ3v) is 4.30. The fraction of sp³-hybridized carbons (Fsp3) is 0.100. The zero-order valence-electron chi connectivity index (χ0n) is 15.1. The van der Waals surface area contributed by atoms with Gasteiger partial charge in [0.05, 0.1) is 17.6 Å². The van der Waals surface area contributed by atoms with Crippen LogP contribution in [0.5, 0.6) is 5.75 Å². The Morgan fingerprint density at radius 2 is 1.86 bits per heavy atom. The summed E-state index contributed by atoms with van der Waals surface area (Å²) in [6, 6.07) is 16.7. The number of nitro benzene ring substituents is 1. The standard InChI is InChI=1S/C20H16BrN3O5/c21-15-3-7-17(8-4-15)28-13-19-10-9-18(29-19)12-22-23-20(25)11-14-1-5-16(6-2-14)24(26)27/h1-10,12H,11,13H2,(H,23,25)/b22-12-. The van der Waals surface area contributed by atoms with Crippen LogP contribution in [0.4, 0.5) is 5.69 Å². The van der Waals surface area contributed by atoms with Gasteiger partial charge in [0.2, 0.25) is 5.91 Å². The molecule has 1 heterocycles. The second-order valence-electron chi connectivity index (χ2n) is 5.94. The molecule has 1 aromatic heterocycles. The number of nitrogens with one attached hydrogen (secondary N) is 1. The number of rotatable bonds is 8. The molecule has 0 unspecified atom stereocenters. The first-order valence-corrected chi connectivity index (χ1v) is 9.31. The van der Waals surface area contributed by atoms with Gasteiger partial charge in [0, 0.05) is 16.6 Å². The maximum absolute atomic E-state index is 11.9. The summed E-state index contributed by atoms with van der Waals surface area (Å²) >= 11 is 3.36. The minimum absolute atomic E-state index is 0.0232. The van der Waals surface area contributed by atoms with Crippen LogP contribution >= 0.6 is 15.9 Å². The van der Waals surface area contributed by atoms with Crippen LogP contribution in [0.3, 0.4) is 0 Å². The van der Waals surface area contributed by atoms with Crippen molar-refractivity contribution in [2.45, 2.75) is 13.0 Å². The zero-order valence-corrected chi connectivity index (χ0v) is 16.7. The largest absolute Gasteiger partial charge is 0.486 e. The third kappa shape index (κ3) is 6.28. The number of ether oxygens (including phenoxy) is 1. The van der Waals surface area contributed by atoms with Crippen molar-refractivity contribution in [3.05, 3.63) is 92.3 Å². The van der Waals surface area contributed by atoms with E-state index in [2.05, 4.69) is 26.5 Å². The maximum Gasteiger partial charge on any atom is 0.269 e. The Morgan fingerprint density at radius 1 is 1.14 bits per heavy atom. The minimum Gasteiger partial charge on any atom is -0.486 e. The van der Waals surface area contributed by atoms with Gasteiger partial charge in [-0.3, -0.25) is 14.9 Å². The summed E-state index contributed by atoms with van der Waals surface area (Å²) in [7, 11) is 0. The number of furan rings is 1. The van der Waals surface area contributed by atoms with Crippen LogP contribution in [0.2, 0.25) is 0 Å². The molecule has 1 N–H and O–H groups in total. The fourth-order valence-electron chi connectivity index (χ4n) is 2.36. The molecule has 148 valence electrons. The topological polar surface area (TPSA) is 107 Å². The highest BCUT2D eigenvalue weighted by molar-refractivity contribution is 9.10. The van der Waals surface area contributed by atoms with E-state index in [1.807, 2.05) is 24.3 Å². The van der Waals surface area contributed by atoms with E-state index in [0.717, 1.165) is 10.2 Å². The van der Waals surface area contributed by atoms with Crippen molar-refractivity contribution in [3.8, 4) is 5.75 Å². The summed E-state index contributed by atoms with van der Waals surface area (Å²) < 4.78 is 12.2. The molecule has 0 bridgehead atoms. The first kappa shape index (κ1) is 20.3. The average molecular weight is 458 g/mol. The highest BCUT2D eigenvalue weighted by Crippen LogP contribution is 2.18. The van der Waals surface area contributed by atoms with E-state index in [1.54, 1.807) is 12.1 Å². The van der Waals surface area contributed by atoms with Gasteiger partial charge < -0.3 is 9.15 Å². The minimum atomic E-state index is -0.490. The van der Waals surface area contributed by atoms with Crippen LogP contribution in [0.1, 0.15) is 17.1 Å². The smallest absolute Gasteiger partial charge is 0.269 e. The van der Waals surface area contributed by atoms with E-state index in [-0.39, 0.29) is 24.6 Å². The Morgan fingerprint density at radius 3 is 2.55 bits per heavy atom. The number of nitro groups is 1. The summed E-state index contributed by atoms with van der Waals surface area (Å²) in [6.07, 6.45) is 1.44. The van der Waals surface area contributed by atoms with Crippen LogP contribution in [0.15, 0.2) is 74.7 Å². The third-order valence-electron chi connectivity index (χ3n) is 3.77. The van der Waals surface area contributed by atoms with Crippen LogP contribution < -0.4 is 10.2 Å². The number of hydrogen-bond donors (Lipinski definition) is 1. The molecular formula is C20H16BrN3O5.